The van der Waals surface area contributed by atoms with Crippen LogP contribution < -0.4 is 5.32 Å². The summed E-state index contributed by atoms with van der Waals surface area (Å²) in [6.07, 6.45) is 2.82. The molecule has 1 aromatic heterocycles. The number of carbonyl (C=O) groups excluding carboxylic acids is 1. The predicted molar refractivity (Wildman–Crippen MR) is 67.7 cm³/mol. The highest BCUT2D eigenvalue weighted by molar-refractivity contribution is 7.15. The molecule has 2 aliphatic carbocycles. The average molecular weight is 292 g/mol. The SMILES string of the molecule is CC1(C(=O)Nc2nnc(C3CC3)s2)CC1(Cl)Cl. The molecule has 1 heterocycles. The Morgan fingerprint density at radius 3 is 2.65 bits per heavy atom. The number of amides is 1. The van der Waals surface area contributed by atoms with E-state index in [1.54, 1.807) is 6.92 Å². The highest BCUT2D eigenvalue weighted by Crippen LogP contribution is 2.64. The Bertz CT molecular complexity index is 486. The van der Waals surface area contributed by atoms with E-state index in [0.717, 1.165) is 5.01 Å². The number of hydrogen-bond donors (Lipinski definition) is 1. The lowest BCUT2D eigenvalue weighted by molar-refractivity contribution is -0.120. The quantitative estimate of drug-likeness (QED) is 0.871. The molecular formula is C10H11Cl2N3OS. The van der Waals surface area contributed by atoms with Gasteiger partial charge in [-0.2, -0.15) is 0 Å². The summed E-state index contributed by atoms with van der Waals surface area (Å²) in [4.78, 5) is 12.0. The summed E-state index contributed by atoms with van der Waals surface area (Å²) in [6, 6.07) is 0. The van der Waals surface area contributed by atoms with Crippen LogP contribution >= 0.6 is 34.5 Å². The molecule has 0 aromatic carbocycles. The normalized spacial score (nSPS) is 30.1. The fourth-order valence-electron chi connectivity index (χ4n) is 1.66. The molecule has 1 aromatic rings. The minimum atomic E-state index is -0.943. The zero-order chi connectivity index (χ0) is 12.3. The highest BCUT2D eigenvalue weighted by Gasteiger charge is 2.68. The first kappa shape index (κ1) is 11.7. The maximum atomic E-state index is 12.0. The topological polar surface area (TPSA) is 54.9 Å². The highest BCUT2D eigenvalue weighted by atomic mass is 35.5. The molecule has 1 atom stereocenters. The van der Waals surface area contributed by atoms with Gasteiger partial charge in [-0.25, -0.2) is 0 Å². The van der Waals surface area contributed by atoms with Gasteiger partial charge in [-0.3, -0.25) is 10.1 Å². The molecule has 0 bridgehead atoms. The van der Waals surface area contributed by atoms with Crippen LogP contribution in [0.1, 0.15) is 37.1 Å². The average Bonchev–Trinajstić information content (AvgIpc) is 3.10. The molecule has 17 heavy (non-hydrogen) atoms. The van der Waals surface area contributed by atoms with Gasteiger partial charge in [-0.1, -0.05) is 11.3 Å². The van der Waals surface area contributed by atoms with Crippen LogP contribution in [0, 0.1) is 5.41 Å². The van der Waals surface area contributed by atoms with Crippen LogP contribution in [0.3, 0.4) is 0 Å². The molecule has 1 N–H and O–H groups in total. The number of nitrogens with one attached hydrogen (secondary N) is 1. The summed E-state index contributed by atoms with van der Waals surface area (Å²) >= 11 is 13.3. The fraction of sp³-hybridized carbons (Fsp3) is 0.700. The molecule has 7 heteroatoms. The zero-order valence-electron chi connectivity index (χ0n) is 9.17. The predicted octanol–water partition coefficient (Wildman–Crippen LogP) is 2.94. The van der Waals surface area contributed by atoms with Gasteiger partial charge in [-0.05, 0) is 26.2 Å². The van der Waals surface area contributed by atoms with E-state index >= 15 is 0 Å². The summed E-state index contributed by atoms with van der Waals surface area (Å²) in [6.45, 7) is 1.76. The minimum Gasteiger partial charge on any atom is -0.300 e. The van der Waals surface area contributed by atoms with E-state index in [2.05, 4.69) is 15.5 Å². The maximum absolute atomic E-state index is 12.0. The van der Waals surface area contributed by atoms with Crippen molar-refractivity contribution in [3.8, 4) is 0 Å². The molecule has 1 unspecified atom stereocenters. The van der Waals surface area contributed by atoms with Gasteiger partial charge >= 0.3 is 0 Å². The van der Waals surface area contributed by atoms with Gasteiger partial charge in [0.25, 0.3) is 0 Å². The van der Waals surface area contributed by atoms with Crippen molar-refractivity contribution in [3.05, 3.63) is 5.01 Å². The Kier molecular flexibility index (Phi) is 2.44. The Morgan fingerprint density at radius 1 is 1.47 bits per heavy atom. The van der Waals surface area contributed by atoms with Crippen molar-refractivity contribution in [2.24, 2.45) is 5.41 Å². The molecule has 2 saturated carbocycles. The Balaban J connectivity index is 1.68. The molecule has 0 saturated heterocycles. The molecule has 92 valence electrons. The van der Waals surface area contributed by atoms with Gasteiger partial charge in [0.1, 0.15) is 9.34 Å². The third kappa shape index (κ3) is 1.94. The molecule has 3 rings (SSSR count). The van der Waals surface area contributed by atoms with Crippen molar-refractivity contribution in [1.82, 2.24) is 10.2 Å². The van der Waals surface area contributed by atoms with Gasteiger partial charge in [0.2, 0.25) is 11.0 Å². The van der Waals surface area contributed by atoms with E-state index in [9.17, 15) is 4.79 Å². The van der Waals surface area contributed by atoms with Gasteiger partial charge in [0.05, 0.1) is 5.41 Å². The Labute approximate surface area is 113 Å². The second-order valence-electron chi connectivity index (χ2n) is 4.89. The van der Waals surface area contributed by atoms with Gasteiger partial charge < -0.3 is 0 Å². The van der Waals surface area contributed by atoms with Gasteiger partial charge in [0, 0.05) is 5.92 Å². The number of alkyl halides is 2. The van der Waals surface area contributed by atoms with Crippen LogP contribution in [0.15, 0.2) is 0 Å². The lowest BCUT2D eigenvalue weighted by Gasteiger charge is -2.09. The number of anilines is 1. The molecule has 2 fully saturated rings. The van der Waals surface area contributed by atoms with Crippen LogP contribution in [0.25, 0.3) is 0 Å². The first-order valence-corrected chi connectivity index (χ1v) is 7.02. The van der Waals surface area contributed by atoms with E-state index in [0.29, 0.717) is 17.5 Å². The standard InChI is InChI=1S/C10H11Cl2N3OS/c1-9(4-10(9,11)12)7(16)13-8-15-14-6(17-8)5-2-3-5/h5H,2-4H2,1H3,(H,13,15,16). The first-order chi connectivity index (χ1) is 7.92. The van der Waals surface area contributed by atoms with Crippen molar-refractivity contribution in [2.75, 3.05) is 5.32 Å². The van der Waals surface area contributed by atoms with E-state index in [1.165, 1.54) is 24.2 Å². The van der Waals surface area contributed by atoms with Crippen LogP contribution in [-0.4, -0.2) is 20.4 Å². The summed E-state index contributed by atoms with van der Waals surface area (Å²) in [7, 11) is 0. The Morgan fingerprint density at radius 2 is 2.12 bits per heavy atom. The van der Waals surface area contributed by atoms with Crippen molar-refractivity contribution in [3.63, 3.8) is 0 Å². The summed E-state index contributed by atoms with van der Waals surface area (Å²) < 4.78 is -0.943. The van der Waals surface area contributed by atoms with Crippen LogP contribution in [0.2, 0.25) is 0 Å². The number of carbonyl (C=O) groups is 1. The second kappa shape index (κ2) is 3.56. The van der Waals surface area contributed by atoms with Crippen LogP contribution in [0.5, 0.6) is 0 Å². The molecule has 1 amide bonds. The van der Waals surface area contributed by atoms with Crippen molar-refractivity contribution >= 4 is 45.6 Å². The van der Waals surface area contributed by atoms with Crippen molar-refractivity contribution in [1.29, 1.82) is 0 Å². The largest absolute Gasteiger partial charge is 0.300 e. The van der Waals surface area contributed by atoms with Gasteiger partial charge in [0.15, 0.2) is 0 Å². The molecule has 4 nitrogen and oxygen atoms in total. The number of rotatable bonds is 3. The lowest BCUT2D eigenvalue weighted by atomic mass is 10.1. The number of halogens is 2. The monoisotopic (exact) mass is 291 g/mol. The number of hydrogen-bond acceptors (Lipinski definition) is 4. The molecule has 2 aliphatic rings. The van der Waals surface area contributed by atoms with Crippen molar-refractivity contribution in [2.45, 2.75) is 36.4 Å². The van der Waals surface area contributed by atoms with E-state index in [4.69, 9.17) is 23.2 Å². The lowest BCUT2D eigenvalue weighted by Crippen LogP contribution is -2.25. The summed E-state index contributed by atoms with van der Waals surface area (Å²) in [5, 5.41) is 12.3. The third-order valence-corrected chi connectivity index (χ3v) is 5.45. The van der Waals surface area contributed by atoms with E-state index in [1.807, 2.05) is 0 Å². The molecular weight excluding hydrogens is 281 g/mol. The zero-order valence-corrected chi connectivity index (χ0v) is 11.5. The van der Waals surface area contributed by atoms with Crippen LogP contribution in [-0.2, 0) is 4.79 Å². The smallest absolute Gasteiger partial charge is 0.235 e. The molecule has 0 spiro atoms. The molecule has 0 aliphatic heterocycles. The first-order valence-electron chi connectivity index (χ1n) is 5.45. The minimum absolute atomic E-state index is 0.180. The fourth-order valence-corrected chi connectivity index (χ4v) is 3.28. The van der Waals surface area contributed by atoms with E-state index in [-0.39, 0.29) is 5.91 Å². The second-order valence-corrected chi connectivity index (χ2v) is 7.38. The number of aromatic nitrogens is 2. The summed E-state index contributed by atoms with van der Waals surface area (Å²) in [5.74, 6) is 0.371. The third-order valence-electron chi connectivity index (χ3n) is 3.35. The van der Waals surface area contributed by atoms with Crippen molar-refractivity contribution < 1.29 is 4.79 Å². The summed E-state index contributed by atoms with van der Waals surface area (Å²) in [5.41, 5.74) is -0.707. The van der Waals surface area contributed by atoms with Gasteiger partial charge in [-0.15, -0.1) is 33.4 Å². The molecule has 0 radical (unpaired) electrons. The van der Waals surface area contributed by atoms with E-state index < -0.39 is 9.75 Å². The number of nitrogens with zero attached hydrogens (tertiary/aromatic N) is 2. The maximum Gasteiger partial charge on any atom is 0.235 e. The van der Waals surface area contributed by atoms with Crippen LogP contribution in [0.4, 0.5) is 5.13 Å². The Hall–Kier alpha value is -0.390.